The minimum Gasteiger partial charge on any atom is -0.300 e. The van der Waals surface area contributed by atoms with Gasteiger partial charge in [-0.3, -0.25) is 4.90 Å². The van der Waals surface area contributed by atoms with E-state index in [1.807, 2.05) is 0 Å². The van der Waals surface area contributed by atoms with Gasteiger partial charge in [0, 0.05) is 43.4 Å². The molecule has 0 unspecified atom stereocenters. The summed E-state index contributed by atoms with van der Waals surface area (Å²) in [6, 6.07) is 11.8. The quantitative estimate of drug-likeness (QED) is 0.702. The highest BCUT2D eigenvalue weighted by molar-refractivity contribution is 7.99. The normalized spacial score (nSPS) is 16.7. The summed E-state index contributed by atoms with van der Waals surface area (Å²) in [5.41, 5.74) is 0. The maximum absolute atomic E-state index is 13.8. The number of thioether (sulfide) groups is 1. The molecule has 0 aliphatic carbocycles. The molecule has 1 heterocycles. The largest absolute Gasteiger partial charge is 0.300 e. The minimum absolute atomic E-state index is 0.249. The Morgan fingerprint density at radius 1 is 0.923 bits per heavy atom. The van der Waals surface area contributed by atoms with Crippen LogP contribution in [0.5, 0.6) is 0 Å². The lowest BCUT2D eigenvalue weighted by atomic mass is 10.3. The van der Waals surface area contributed by atoms with Gasteiger partial charge in [0.2, 0.25) is 10.0 Å². The van der Waals surface area contributed by atoms with Crippen molar-refractivity contribution in [3.05, 3.63) is 60.2 Å². The standard InChI is InChI=1S/C18H20F2N2O2S2/c19-15-5-7-16(8-6-15)25-14-13-21-9-11-22(12-10-21)26(23,24)18-4-2-1-3-17(18)20/h1-8H,9-14H2. The van der Waals surface area contributed by atoms with Gasteiger partial charge in [0.15, 0.2) is 0 Å². The predicted octanol–water partition coefficient (Wildman–Crippen LogP) is 3.06. The summed E-state index contributed by atoms with van der Waals surface area (Å²) in [6.45, 7) is 2.72. The van der Waals surface area contributed by atoms with Crippen LogP contribution in [0, 0.1) is 11.6 Å². The first-order valence-corrected chi connectivity index (χ1v) is 10.7. The van der Waals surface area contributed by atoms with E-state index in [4.69, 9.17) is 0 Å². The number of halogens is 2. The summed E-state index contributed by atoms with van der Waals surface area (Å²) in [5, 5.41) is 0. The van der Waals surface area contributed by atoms with E-state index in [0.29, 0.717) is 26.2 Å². The molecule has 2 aromatic rings. The molecule has 0 N–H and O–H groups in total. The van der Waals surface area contributed by atoms with Gasteiger partial charge in [0.05, 0.1) is 0 Å². The fourth-order valence-corrected chi connectivity index (χ4v) is 5.21. The summed E-state index contributed by atoms with van der Waals surface area (Å²) >= 11 is 1.64. The van der Waals surface area contributed by atoms with E-state index in [1.54, 1.807) is 23.9 Å². The van der Waals surface area contributed by atoms with E-state index < -0.39 is 15.8 Å². The van der Waals surface area contributed by atoms with Gasteiger partial charge in [-0.15, -0.1) is 11.8 Å². The van der Waals surface area contributed by atoms with Gasteiger partial charge in [-0.1, -0.05) is 12.1 Å². The fourth-order valence-electron chi connectivity index (χ4n) is 2.81. The SMILES string of the molecule is O=S(=O)(c1ccccc1F)N1CCN(CCSc2ccc(F)cc2)CC1. The second-order valence-corrected chi connectivity index (χ2v) is 9.05. The Morgan fingerprint density at radius 3 is 2.23 bits per heavy atom. The Bertz CT molecular complexity index is 837. The third-order valence-corrected chi connectivity index (χ3v) is 7.20. The van der Waals surface area contributed by atoms with Gasteiger partial charge >= 0.3 is 0 Å². The zero-order valence-electron chi connectivity index (χ0n) is 14.1. The van der Waals surface area contributed by atoms with Crippen molar-refractivity contribution in [1.82, 2.24) is 9.21 Å². The van der Waals surface area contributed by atoms with E-state index >= 15 is 0 Å². The van der Waals surface area contributed by atoms with Crippen LogP contribution in [-0.2, 0) is 10.0 Å². The third kappa shape index (κ3) is 4.62. The Labute approximate surface area is 156 Å². The van der Waals surface area contributed by atoms with Crippen LogP contribution in [-0.4, -0.2) is 56.1 Å². The monoisotopic (exact) mass is 398 g/mol. The van der Waals surface area contributed by atoms with Crippen molar-refractivity contribution < 1.29 is 17.2 Å². The van der Waals surface area contributed by atoms with Gasteiger partial charge in [0.25, 0.3) is 0 Å². The molecular formula is C18H20F2N2O2S2. The summed E-state index contributed by atoms with van der Waals surface area (Å²) in [5.74, 6) is -0.127. The number of hydrogen-bond acceptors (Lipinski definition) is 4. The van der Waals surface area contributed by atoms with Crippen LogP contribution in [0.25, 0.3) is 0 Å². The summed E-state index contributed by atoms with van der Waals surface area (Å²) in [6.07, 6.45) is 0. The molecule has 1 saturated heterocycles. The summed E-state index contributed by atoms with van der Waals surface area (Å²) in [4.78, 5) is 2.93. The van der Waals surface area contributed by atoms with Crippen molar-refractivity contribution >= 4 is 21.8 Å². The highest BCUT2D eigenvalue weighted by Gasteiger charge is 2.30. The molecule has 0 radical (unpaired) electrons. The smallest absolute Gasteiger partial charge is 0.246 e. The first kappa shape index (κ1) is 19.3. The second-order valence-electron chi connectivity index (χ2n) is 5.98. The van der Waals surface area contributed by atoms with Crippen LogP contribution in [0.1, 0.15) is 0 Å². The Kier molecular flexibility index (Phi) is 6.29. The van der Waals surface area contributed by atoms with Crippen molar-refractivity contribution in [2.75, 3.05) is 38.5 Å². The fraction of sp³-hybridized carbons (Fsp3) is 0.333. The number of rotatable bonds is 6. The van der Waals surface area contributed by atoms with Crippen LogP contribution in [0.2, 0.25) is 0 Å². The Hall–Kier alpha value is -1.48. The van der Waals surface area contributed by atoms with Gasteiger partial charge in [-0.2, -0.15) is 4.31 Å². The van der Waals surface area contributed by atoms with Crippen molar-refractivity contribution in [3.8, 4) is 0 Å². The van der Waals surface area contributed by atoms with Crippen molar-refractivity contribution in [2.24, 2.45) is 0 Å². The zero-order chi connectivity index (χ0) is 18.6. The number of piperazine rings is 1. The molecule has 0 bridgehead atoms. The minimum atomic E-state index is -3.79. The second kappa shape index (κ2) is 8.47. The highest BCUT2D eigenvalue weighted by Crippen LogP contribution is 2.21. The average Bonchev–Trinajstić information content (AvgIpc) is 2.64. The average molecular weight is 399 g/mol. The van der Waals surface area contributed by atoms with Crippen LogP contribution >= 0.6 is 11.8 Å². The highest BCUT2D eigenvalue weighted by atomic mass is 32.2. The van der Waals surface area contributed by atoms with Crippen LogP contribution in [0.15, 0.2) is 58.3 Å². The molecule has 0 amide bonds. The van der Waals surface area contributed by atoms with E-state index in [9.17, 15) is 17.2 Å². The molecule has 8 heteroatoms. The molecule has 1 aliphatic heterocycles. The van der Waals surface area contributed by atoms with Crippen LogP contribution in [0.3, 0.4) is 0 Å². The van der Waals surface area contributed by atoms with E-state index in [0.717, 1.165) is 23.3 Å². The molecule has 2 aromatic carbocycles. The van der Waals surface area contributed by atoms with Crippen molar-refractivity contribution in [2.45, 2.75) is 9.79 Å². The first-order valence-electron chi connectivity index (χ1n) is 8.32. The van der Waals surface area contributed by atoms with Crippen molar-refractivity contribution in [3.63, 3.8) is 0 Å². The lowest BCUT2D eigenvalue weighted by molar-refractivity contribution is 0.197. The molecule has 0 saturated carbocycles. The predicted molar refractivity (Wildman–Crippen MR) is 98.7 cm³/mol. The van der Waals surface area contributed by atoms with E-state index in [-0.39, 0.29) is 10.7 Å². The number of benzene rings is 2. The lowest BCUT2D eigenvalue weighted by Crippen LogP contribution is -2.49. The summed E-state index contributed by atoms with van der Waals surface area (Å²) in [7, 11) is -3.79. The molecular weight excluding hydrogens is 378 g/mol. The molecule has 0 spiro atoms. The Morgan fingerprint density at radius 2 is 1.58 bits per heavy atom. The molecule has 3 rings (SSSR count). The van der Waals surface area contributed by atoms with Gasteiger partial charge in [-0.25, -0.2) is 17.2 Å². The first-order chi connectivity index (χ1) is 12.5. The van der Waals surface area contributed by atoms with E-state index in [1.165, 1.54) is 34.6 Å². The van der Waals surface area contributed by atoms with Gasteiger partial charge in [0.1, 0.15) is 16.5 Å². The molecule has 1 fully saturated rings. The molecule has 4 nitrogen and oxygen atoms in total. The maximum atomic E-state index is 13.8. The number of hydrogen-bond donors (Lipinski definition) is 0. The van der Waals surface area contributed by atoms with Gasteiger partial charge < -0.3 is 0 Å². The molecule has 26 heavy (non-hydrogen) atoms. The summed E-state index contributed by atoms with van der Waals surface area (Å²) < 4.78 is 53.2. The Balaban J connectivity index is 1.49. The van der Waals surface area contributed by atoms with Crippen LogP contribution in [0.4, 0.5) is 8.78 Å². The van der Waals surface area contributed by atoms with Gasteiger partial charge in [-0.05, 0) is 36.4 Å². The van der Waals surface area contributed by atoms with Crippen molar-refractivity contribution in [1.29, 1.82) is 0 Å². The lowest BCUT2D eigenvalue weighted by Gasteiger charge is -2.33. The molecule has 1 aliphatic rings. The molecule has 0 atom stereocenters. The molecule has 140 valence electrons. The van der Waals surface area contributed by atoms with Crippen LogP contribution < -0.4 is 0 Å². The molecule has 0 aromatic heterocycles. The number of sulfonamides is 1. The third-order valence-electron chi connectivity index (χ3n) is 4.28. The number of nitrogens with zero attached hydrogens (tertiary/aromatic N) is 2. The zero-order valence-corrected chi connectivity index (χ0v) is 15.8. The van der Waals surface area contributed by atoms with E-state index in [2.05, 4.69) is 4.90 Å². The topological polar surface area (TPSA) is 40.6 Å². The maximum Gasteiger partial charge on any atom is 0.246 e.